The Morgan fingerprint density at radius 1 is 1.45 bits per heavy atom. The quantitative estimate of drug-likeness (QED) is 0.652. The third-order valence-corrected chi connectivity index (χ3v) is 1.49. The van der Waals surface area contributed by atoms with Crippen LogP contribution in [0.15, 0.2) is 18.2 Å². The average molecular weight is 176 g/mol. The monoisotopic (exact) mass is 175 g/mol. The summed E-state index contributed by atoms with van der Waals surface area (Å²) < 4.78 is 12.5. The molecule has 0 aromatic heterocycles. The van der Waals surface area contributed by atoms with E-state index in [1.807, 2.05) is 6.92 Å². The van der Waals surface area contributed by atoms with Gasteiger partial charge in [0.15, 0.2) is 0 Å². The van der Waals surface area contributed by atoms with Gasteiger partial charge < -0.3 is 5.73 Å². The summed E-state index contributed by atoms with van der Waals surface area (Å²) in [5.74, 6) is -0.217. The topological polar surface area (TPSA) is 26.0 Å². The Morgan fingerprint density at radius 3 is 2.55 bits per heavy atom. The molecule has 2 N–H and O–H groups in total. The molecule has 0 saturated heterocycles. The highest BCUT2D eigenvalue weighted by Gasteiger charge is 1.96. The van der Waals surface area contributed by atoms with Gasteiger partial charge in [0.1, 0.15) is 5.82 Å². The van der Waals surface area contributed by atoms with Crippen LogP contribution in [0.5, 0.6) is 0 Å². The van der Waals surface area contributed by atoms with E-state index in [2.05, 4.69) is 0 Å². The molecule has 0 aliphatic heterocycles. The number of rotatable bonds is 1. The van der Waals surface area contributed by atoms with Gasteiger partial charge in [0.2, 0.25) is 0 Å². The summed E-state index contributed by atoms with van der Waals surface area (Å²) in [6.45, 7) is 1.95. The second-order valence-electron chi connectivity index (χ2n) is 2.20. The molecule has 0 saturated carbocycles. The van der Waals surface area contributed by atoms with Crippen molar-refractivity contribution in [3.8, 4) is 0 Å². The zero-order chi connectivity index (χ0) is 7.56. The molecule has 1 aromatic rings. The number of nitrogen functional groups attached to an aromatic ring is 1. The molecular formula is C8H11ClFN. The van der Waals surface area contributed by atoms with Gasteiger partial charge in [-0.2, -0.15) is 0 Å². The second kappa shape index (κ2) is 4.19. The van der Waals surface area contributed by atoms with Crippen LogP contribution < -0.4 is 5.73 Å². The summed E-state index contributed by atoms with van der Waals surface area (Å²) in [6.07, 6.45) is 0.781. The maximum atomic E-state index is 12.5. The molecule has 0 heterocycles. The van der Waals surface area contributed by atoms with Gasteiger partial charge in [-0.1, -0.05) is 6.92 Å². The molecule has 0 aliphatic rings. The van der Waals surface area contributed by atoms with E-state index in [0.717, 1.165) is 12.0 Å². The minimum atomic E-state index is -0.217. The first-order valence-electron chi connectivity index (χ1n) is 3.28. The SMILES string of the molecule is CCc1cc(F)ccc1N.Cl. The minimum Gasteiger partial charge on any atom is -0.399 e. The van der Waals surface area contributed by atoms with Gasteiger partial charge in [-0.25, -0.2) is 4.39 Å². The smallest absolute Gasteiger partial charge is 0.123 e. The first-order valence-corrected chi connectivity index (χ1v) is 3.28. The normalized spacial score (nSPS) is 8.91. The Morgan fingerprint density at radius 2 is 2.09 bits per heavy atom. The Balaban J connectivity index is 0.000001000. The molecule has 1 nitrogen and oxygen atoms in total. The van der Waals surface area contributed by atoms with E-state index >= 15 is 0 Å². The molecule has 0 radical (unpaired) electrons. The lowest BCUT2D eigenvalue weighted by Gasteiger charge is -2.00. The van der Waals surface area contributed by atoms with Crippen LogP contribution >= 0.6 is 12.4 Å². The molecule has 62 valence electrons. The maximum absolute atomic E-state index is 12.5. The molecule has 11 heavy (non-hydrogen) atoms. The molecule has 0 amide bonds. The van der Waals surface area contributed by atoms with Crippen LogP contribution in [0.2, 0.25) is 0 Å². The lowest BCUT2D eigenvalue weighted by molar-refractivity contribution is 0.626. The van der Waals surface area contributed by atoms with E-state index in [0.29, 0.717) is 5.69 Å². The fraction of sp³-hybridized carbons (Fsp3) is 0.250. The zero-order valence-corrected chi connectivity index (χ0v) is 7.12. The second-order valence-corrected chi connectivity index (χ2v) is 2.20. The van der Waals surface area contributed by atoms with Crippen molar-refractivity contribution >= 4 is 18.1 Å². The van der Waals surface area contributed by atoms with E-state index in [-0.39, 0.29) is 18.2 Å². The van der Waals surface area contributed by atoms with E-state index in [4.69, 9.17) is 5.73 Å². The molecule has 0 bridgehead atoms. The number of hydrogen-bond acceptors (Lipinski definition) is 1. The minimum absolute atomic E-state index is 0. The molecule has 0 fully saturated rings. The fourth-order valence-electron chi connectivity index (χ4n) is 0.881. The number of benzene rings is 1. The predicted octanol–water partition coefficient (Wildman–Crippen LogP) is 2.39. The van der Waals surface area contributed by atoms with Gasteiger partial charge in [-0.3, -0.25) is 0 Å². The summed E-state index contributed by atoms with van der Waals surface area (Å²) in [5.41, 5.74) is 7.08. The highest BCUT2D eigenvalue weighted by Crippen LogP contribution is 2.12. The van der Waals surface area contributed by atoms with Gasteiger partial charge in [0.05, 0.1) is 0 Å². The molecular weight excluding hydrogens is 165 g/mol. The van der Waals surface area contributed by atoms with Gasteiger partial charge in [0, 0.05) is 5.69 Å². The van der Waals surface area contributed by atoms with Crippen molar-refractivity contribution < 1.29 is 4.39 Å². The van der Waals surface area contributed by atoms with Crippen LogP contribution in [-0.4, -0.2) is 0 Å². The van der Waals surface area contributed by atoms with Gasteiger partial charge in [-0.05, 0) is 30.2 Å². The van der Waals surface area contributed by atoms with Crippen molar-refractivity contribution in [1.82, 2.24) is 0 Å². The van der Waals surface area contributed by atoms with E-state index in [1.54, 1.807) is 6.07 Å². The molecule has 0 aliphatic carbocycles. The van der Waals surface area contributed by atoms with Crippen LogP contribution in [0.4, 0.5) is 10.1 Å². The third kappa shape index (κ3) is 2.39. The Hall–Kier alpha value is -0.760. The highest BCUT2D eigenvalue weighted by molar-refractivity contribution is 5.85. The number of anilines is 1. The maximum Gasteiger partial charge on any atom is 0.123 e. The number of nitrogens with two attached hydrogens (primary N) is 1. The van der Waals surface area contributed by atoms with Crippen molar-refractivity contribution in [2.24, 2.45) is 0 Å². The summed E-state index contributed by atoms with van der Waals surface area (Å²) >= 11 is 0. The summed E-state index contributed by atoms with van der Waals surface area (Å²) in [6, 6.07) is 4.43. The van der Waals surface area contributed by atoms with E-state index < -0.39 is 0 Å². The molecule has 1 aromatic carbocycles. The lowest BCUT2D eigenvalue weighted by atomic mass is 10.1. The van der Waals surface area contributed by atoms with Crippen molar-refractivity contribution in [3.63, 3.8) is 0 Å². The average Bonchev–Trinajstić information content (AvgIpc) is 1.94. The molecule has 1 rings (SSSR count). The zero-order valence-electron chi connectivity index (χ0n) is 6.30. The number of halogens is 2. The van der Waals surface area contributed by atoms with Crippen LogP contribution in [0, 0.1) is 5.82 Å². The Labute approximate surface area is 71.8 Å². The van der Waals surface area contributed by atoms with Gasteiger partial charge >= 0.3 is 0 Å². The molecule has 3 heteroatoms. The van der Waals surface area contributed by atoms with Crippen LogP contribution in [0.1, 0.15) is 12.5 Å². The van der Waals surface area contributed by atoms with Crippen molar-refractivity contribution in [3.05, 3.63) is 29.6 Å². The fourth-order valence-corrected chi connectivity index (χ4v) is 0.881. The van der Waals surface area contributed by atoms with Gasteiger partial charge in [-0.15, -0.1) is 12.4 Å². The first-order chi connectivity index (χ1) is 4.74. The van der Waals surface area contributed by atoms with Crippen LogP contribution in [0.25, 0.3) is 0 Å². The third-order valence-electron chi connectivity index (χ3n) is 1.49. The Kier molecular flexibility index (Phi) is 3.90. The van der Waals surface area contributed by atoms with Gasteiger partial charge in [0.25, 0.3) is 0 Å². The summed E-state index contributed by atoms with van der Waals surface area (Å²) in [5, 5.41) is 0. The number of hydrogen-bond donors (Lipinski definition) is 1. The summed E-state index contributed by atoms with van der Waals surface area (Å²) in [7, 11) is 0. The molecule has 0 unspecified atom stereocenters. The Bertz CT molecular complexity index is 238. The van der Waals surface area contributed by atoms with E-state index in [9.17, 15) is 4.39 Å². The summed E-state index contributed by atoms with van der Waals surface area (Å²) in [4.78, 5) is 0. The predicted molar refractivity (Wildman–Crippen MR) is 47.4 cm³/mol. The van der Waals surface area contributed by atoms with Crippen molar-refractivity contribution in [2.45, 2.75) is 13.3 Å². The lowest BCUT2D eigenvalue weighted by Crippen LogP contribution is -1.92. The van der Waals surface area contributed by atoms with E-state index in [1.165, 1.54) is 12.1 Å². The number of aryl methyl sites for hydroxylation is 1. The highest BCUT2D eigenvalue weighted by atomic mass is 35.5. The molecule has 0 atom stereocenters. The van der Waals surface area contributed by atoms with Crippen LogP contribution in [0.3, 0.4) is 0 Å². The van der Waals surface area contributed by atoms with Crippen molar-refractivity contribution in [1.29, 1.82) is 0 Å². The largest absolute Gasteiger partial charge is 0.399 e. The first kappa shape index (κ1) is 10.2. The standard InChI is InChI=1S/C8H10FN.ClH/c1-2-6-5-7(9)3-4-8(6)10;/h3-5H,2,10H2,1H3;1H. The molecule has 0 spiro atoms. The van der Waals surface area contributed by atoms with Crippen LogP contribution in [-0.2, 0) is 6.42 Å². The van der Waals surface area contributed by atoms with Crippen molar-refractivity contribution in [2.75, 3.05) is 5.73 Å².